The summed E-state index contributed by atoms with van der Waals surface area (Å²) in [7, 11) is -3.32. The number of hydrogen-bond acceptors (Lipinski definition) is 5. The molecule has 2 aromatic rings. The van der Waals surface area contributed by atoms with Crippen LogP contribution in [0.3, 0.4) is 0 Å². The highest BCUT2D eigenvalue weighted by Gasteiger charge is 2.27. The molecule has 0 spiro atoms. The summed E-state index contributed by atoms with van der Waals surface area (Å²) in [6, 6.07) is 5.68. The Morgan fingerprint density at radius 1 is 1.23 bits per heavy atom. The number of nitrogens with one attached hydrogen (secondary N) is 1. The summed E-state index contributed by atoms with van der Waals surface area (Å²) >= 11 is 1.40. The third-order valence-corrected chi connectivity index (χ3v) is 6.83. The number of anilines is 1. The van der Waals surface area contributed by atoms with Crippen LogP contribution in [0.15, 0.2) is 29.2 Å². The summed E-state index contributed by atoms with van der Waals surface area (Å²) in [4.78, 5) is 25.7. The Labute approximate surface area is 156 Å². The highest BCUT2D eigenvalue weighted by molar-refractivity contribution is 7.90. The van der Waals surface area contributed by atoms with E-state index in [9.17, 15) is 18.0 Å². The lowest BCUT2D eigenvalue weighted by molar-refractivity contribution is 0.1000. The van der Waals surface area contributed by atoms with E-state index in [2.05, 4.69) is 12.2 Å². The van der Waals surface area contributed by atoms with E-state index in [1.807, 2.05) is 0 Å². The SMILES string of the molecule is C[C@@H]1CCc2c(sc(NC(=O)c3ccc(S(C)(=O)=O)cc3)c2C(N)=O)C1. The van der Waals surface area contributed by atoms with Crippen molar-refractivity contribution in [3.8, 4) is 0 Å². The summed E-state index contributed by atoms with van der Waals surface area (Å²) in [5.74, 6) is -0.409. The number of thiophene rings is 1. The van der Waals surface area contributed by atoms with E-state index in [0.717, 1.165) is 36.0 Å². The summed E-state index contributed by atoms with van der Waals surface area (Å²) < 4.78 is 23.0. The van der Waals surface area contributed by atoms with E-state index in [-0.39, 0.29) is 4.90 Å². The molecule has 0 unspecified atom stereocenters. The predicted octanol–water partition coefficient (Wildman–Crippen LogP) is 2.63. The molecule has 1 aromatic carbocycles. The number of rotatable bonds is 4. The van der Waals surface area contributed by atoms with Gasteiger partial charge in [-0.15, -0.1) is 11.3 Å². The van der Waals surface area contributed by atoms with Crippen LogP contribution >= 0.6 is 11.3 Å². The average molecular weight is 393 g/mol. The van der Waals surface area contributed by atoms with Crippen LogP contribution in [0.2, 0.25) is 0 Å². The number of fused-ring (bicyclic) bond motifs is 1. The maximum absolute atomic E-state index is 12.5. The lowest BCUT2D eigenvalue weighted by Crippen LogP contribution is -2.19. The van der Waals surface area contributed by atoms with Gasteiger partial charge in [-0.05, 0) is 55.0 Å². The monoisotopic (exact) mass is 392 g/mol. The Morgan fingerprint density at radius 3 is 2.46 bits per heavy atom. The first-order valence-corrected chi connectivity index (χ1v) is 10.9. The van der Waals surface area contributed by atoms with Crippen molar-refractivity contribution in [2.45, 2.75) is 31.1 Å². The van der Waals surface area contributed by atoms with Gasteiger partial charge in [0.25, 0.3) is 11.8 Å². The van der Waals surface area contributed by atoms with Crippen molar-refractivity contribution in [1.29, 1.82) is 0 Å². The molecule has 3 rings (SSSR count). The van der Waals surface area contributed by atoms with Crippen LogP contribution in [0.25, 0.3) is 0 Å². The first-order chi connectivity index (χ1) is 12.2. The van der Waals surface area contributed by atoms with Gasteiger partial charge in [-0.1, -0.05) is 6.92 Å². The van der Waals surface area contributed by atoms with Crippen LogP contribution in [0, 0.1) is 5.92 Å². The van der Waals surface area contributed by atoms with Gasteiger partial charge in [-0.2, -0.15) is 0 Å². The van der Waals surface area contributed by atoms with Gasteiger partial charge in [-0.3, -0.25) is 9.59 Å². The normalized spacial score (nSPS) is 16.8. The molecule has 1 aliphatic carbocycles. The molecule has 0 aliphatic heterocycles. The van der Waals surface area contributed by atoms with Crippen molar-refractivity contribution >= 4 is 38.0 Å². The first kappa shape index (κ1) is 18.6. The Balaban J connectivity index is 1.89. The molecule has 1 aromatic heterocycles. The van der Waals surface area contributed by atoms with Crippen molar-refractivity contribution in [3.05, 3.63) is 45.8 Å². The molecule has 0 saturated carbocycles. The number of primary amides is 1. The number of nitrogens with two attached hydrogens (primary N) is 1. The van der Waals surface area contributed by atoms with Gasteiger partial charge in [0.1, 0.15) is 5.00 Å². The first-order valence-electron chi connectivity index (χ1n) is 8.22. The molecule has 2 amide bonds. The second kappa shape index (κ2) is 6.85. The van der Waals surface area contributed by atoms with E-state index in [4.69, 9.17) is 5.73 Å². The van der Waals surface area contributed by atoms with Crippen LogP contribution in [0.1, 0.15) is 44.5 Å². The standard InChI is InChI=1S/C18H20N2O4S2/c1-10-3-8-13-14(9-10)25-18(15(13)16(19)21)20-17(22)11-4-6-12(7-5-11)26(2,23)24/h4-7,10H,3,8-9H2,1-2H3,(H2,19,21)(H,20,22)/t10-/m1/s1. The Kier molecular flexibility index (Phi) is 4.90. The highest BCUT2D eigenvalue weighted by atomic mass is 32.2. The number of sulfone groups is 1. The van der Waals surface area contributed by atoms with E-state index < -0.39 is 21.7 Å². The van der Waals surface area contributed by atoms with Crippen molar-refractivity contribution in [1.82, 2.24) is 0 Å². The minimum atomic E-state index is -3.32. The minimum absolute atomic E-state index is 0.146. The largest absolute Gasteiger partial charge is 0.365 e. The Bertz CT molecular complexity index is 975. The maximum atomic E-state index is 12.5. The number of carbonyl (C=O) groups excluding carboxylic acids is 2. The second-order valence-corrected chi connectivity index (χ2v) is 9.79. The van der Waals surface area contributed by atoms with Crippen molar-refractivity contribution in [2.75, 3.05) is 11.6 Å². The van der Waals surface area contributed by atoms with Gasteiger partial charge in [0.05, 0.1) is 10.5 Å². The molecule has 0 saturated heterocycles. The molecule has 1 atom stereocenters. The molecule has 138 valence electrons. The molecular weight excluding hydrogens is 372 g/mol. The molecule has 0 radical (unpaired) electrons. The third kappa shape index (κ3) is 3.66. The van der Waals surface area contributed by atoms with Crippen molar-refractivity contribution in [3.63, 3.8) is 0 Å². The van der Waals surface area contributed by atoms with E-state index >= 15 is 0 Å². The van der Waals surface area contributed by atoms with Crippen LogP contribution in [-0.2, 0) is 22.7 Å². The maximum Gasteiger partial charge on any atom is 0.256 e. The van der Waals surface area contributed by atoms with Gasteiger partial charge in [-0.25, -0.2) is 8.42 Å². The number of carbonyl (C=O) groups is 2. The van der Waals surface area contributed by atoms with Gasteiger partial charge in [0, 0.05) is 16.7 Å². The predicted molar refractivity (Wildman–Crippen MR) is 102 cm³/mol. The van der Waals surface area contributed by atoms with Crippen LogP contribution in [-0.4, -0.2) is 26.5 Å². The topological polar surface area (TPSA) is 106 Å². The number of hydrogen-bond donors (Lipinski definition) is 2. The molecule has 0 bridgehead atoms. The molecule has 6 nitrogen and oxygen atoms in total. The van der Waals surface area contributed by atoms with Gasteiger partial charge in [0.15, 0.2) is 9.84 Å². The third-order valence-electron chi connectivity index (χ3n) is 4.53. The van der Waals surface area contributed by atoms with Crippen molar-refractivity contribution < 1.29 is 18.0 Å². The Morgan fingerprint density at radius 2 is 1.88 bits per heavy atom. The lowest BCUT2D eigenvalue weighted by Gasteiger charge is -2.18. The fourth-order valence-corrected chi connectivity index (χ4v) is 5.17. The summed E-state index contributed by atoms with van der Waals surface area (Å²) in [5, 5.41) is 3.23. The quantitative estimate of drug-likeness (QED) is 0.834. The zero-order chi connectivity index (χ0) is 19.1. The molecule has 8 heteroatoms. The molecule has 1 aliphatic rings. The van der Waals surface area contributed by atoms with Crippen LogP contribution < -0.4 is 11.1 Å². The summed E-state index contributed by atoms with van der Waals surface area (Å²) in [6.07, 6.45) is 3.76. The molecule has 26 heavy (non-hydrogen) atoms. The number of benzene rings is 1. The second-order valence-electron chi connectivity index (χ2n) is 6.67. The summed E-state index contributed by atoms with van der Waals surface area (Å²) in [6.45, 7) is 2.16. The zero-order valence-electron chi connectivity index (χ0n) is 14.5. The molecule has 1 heterocycles. The van der Waals surface area contributed by atoms with E-state index in [1.165, 1.54) is 35.6 Å². The van der Waals surface area contributed by atoms with Crippen LogP contribution in [0.4, 0.5) is 5.00 Å². The summed E-state index contributed by atoms with van der Waals surface area (Å²) in [5.41, 5.74) is 7.21. The zero-order valence-corrected chi connectivity index (χ0v) is 16.2. The minimum Gasteiger partial charge on any atom is -0.365 e. The van der Waals surface area contributed by atoms with Crippen molar-refractivity contribution in [2.24, 2.45) is 11.7 Å². The van der Waals surface area contributed by atoms with Gasteiger partial charge in [0.2, 0.25) is 0 Å². The molecule has 3 N–H and O–H groups in total. The Hall–Kier alpha value is -2.19. The van der Waals surface area contributed by atoms with E-state index in [0.29, 0.717) is 22.0 Å². The van der Waals surface area contributed by atoms with Crippen LogP contribution in [0.5, 0.6) is 0 Å². The number of amides is 2. The van der Waals surface area contributed by atoms with Gasteiger partial charge < -0.3 is 11.1 Å². The lowest BCUT2D eigenvalue weighted by atomic mass is 9.88. The molecular formula is C18H20N2O4S2. The molecule has 0 fully saturated rings. The van der Waals surface area contributed by atoms with Gasteiger partial charge >= 0.3 is 0 Å². The smallest absolute Gasteiger partial charge is 0.256 e. The fourth-order valence-electron chi connectivity index (χ4n) is 3.13. The average Bonchev–Trinajstić information content (AvgIpc) is 2.91. The fraction of sp³-hybridized carbons (Fsp3) is 0.333. The van der Waals surface area contributed by atoms with E-state index in [1.54, 1.807) is 0 Å². The highest BCUT2D eigenvalue weighted by Crippen LogP contribution is 2.39.